The number of hydrogen-bond donors (Lipinski definition) is 0. The lowest BCUT2D eigenvalue weighted by atomic mass is 10.2. The maximum atomic E-state index is 9.75. The molecule has 0 unspecified atom stereocenters. The molecule has 110 valence electrons. The first-order chi connectivity index (χ1) is 8.52. The Morgan fingerprint density at radius 2 is 1.16 bits per heavy atom. The zero-order valence-electron chi connectivity index (χ0n) is 12.1. The van der Waals surface area contributed by atoms with Gasteiger partial charge in [-0.25, -0.2) is 0 Å². The molecule has 0 aliphatic heterocycles. The van der Waals surface area contributed by atoms with Gasteiger partial charge in [-0.05, 0) is 46.8 Å². The van der Waals surface area contributed by atoms with Gasteiger partial charge in [0.25, 0.3) is 0 Å². The van der Waals surface area contributed by atoms with Crippen LogP contribution >= 0.6 is 7.92 Å². The van der Waals surface area contributed by atoms with E-state index >= 15 is 0 Å². The van der Waals surface area contributed by atoms with Crippen LogP contribution in [0, 0.1) is 6.92 Å². The van der Waals surface area contributed by atoms with Gasteiger partial charge < -0.3 is 17.3 Å². The average Bonchev–Trinajstić information content (AvgIpc) is 2.17. The minimum Gasteiger partial charge on any atom is -0.418 e. The minimum absolute atomic E-state index is 0.373. The third-order valence-electron chi connectivity index (χ3n) is 2.63. The third kappa shape index (κ3) is 9.04. The second-order valence-corrected chi connectivity index (χ2v) is 8.92. The van der Waals surface area contributed by atoms with Crippen LogP contribution in [0.4, 0.5) is 17.3 Å². The maximum Gasteiger partial charge on any atom is 0.673 e. The fourth-order valence-corrected chi connectivity index (χ4v) is 5.30. The molecule has 0 bridgehead atoms. The Morgan fingerprint density at radius 3 is 1.42 bits per heavy atom. The van der Waals surface area contributed by atoms with Crippen LogP contribution in [0.1, 0.15) is 33.3 Å². The average molecular weight is 296 g/mol. The number of benzene rings is 1. The quantitative estimate of drug-likeness (QED) is 0.420. The lowest BCUT2D eigenvalue weighted by molar-refractivity contribution is 0.368. The van der Waals surface area contributed by atoms with E-state index in [0.717, 1.165) is 11.3 Å². The van der Waals surface area contributed by atoms with Crippen LogP contribution < -0.4 is 5.30 Å². The summed E-state index contributed by atoms with van der Waals surface area (Å²) in [4.78, 5) is 0. The van der Waals surface area contributed by atoms with Gasteiger partial charge in [0.15, 0.2) is 0 Å². The summed E-state index contributed by atoms with van der Waals surface area (Å²) in [5, 5.41) is 1.59. The zero-order valence-corrected chi connectivity index (χ0v) is 13.1. The van der Waals surface area contributed by atoms with Crippen molar-refractivity contribution in [2.24, 2.45) is 0 Å². The largest absolute Gasteiger partial charge is 0.673 e. The van der Waals surface area contributed by atoms with Crippen LogP contribution in [0.2, 0.25) is 0 Å². The second kappa shape index (κ2) is 7.89. The molecule has 1 aromatic carbocycles. The Kier molecular flexibility index (Phi) is 7.65. The Labute approximate surface area is 114 Å². The van der Waals surface area contributed by atoms with E-state index in [9.17, 15) is 17.3 Å². The summed E-state index contributed by atoms with van der Waals surface area (Å²) in [7, 11) is -6.37. The van der Waals surface area contributed by atoms with E-state index in [1.54, 1.807) is 5.30 Å². The van der Waals surface area contributed by atoms with E-state index in [4.69, 9.17) is 0 Å². The highest BCUT2D eigenvalue weighted by atomic mass is 31.1. The molecule has 6 heteroatoms. The van der Waals surface area contributed by atoms with E-state index in [0.29, 0.717) is 0 Å². The highest BCUT2D eigenvalue weighted by Crippen LogP contribution is 2.44. The summed E-state index contributed by atoms with van der Waals surface area (Å²) in [6.45, 7) is 11.6. The van der Waals surface area contributed by atoms with Crippen molar-refractivity contribution >= 4 is 20.5 Å². The second-order valence-electron chi connectivity index (χ2n) is 5.13. The molecule has 0 saturated carbocycles. The van der Waals surface area contributed by atoms with Crippen molar-refractivity contribution < 1.29 is 17.3 Å². The number of halogens is 4. The molecular weight excluding hydrogens is 274 g/mol. The van der Waals surface area contributed by atoms with Gasteiger partial charge in [-0.15, -0.1) is 0 Å². The van der Waals surface area contributed by atoms with Crippen molar-refractivity contribution in [3.8, 4) is 0 Å². The van der Waals surface area contributed by atoms with E-state index < -0.39 is 7.25 Å². The fourth-order valence-electron chi connectivity index (χ4n) is 2.08. The molecule has 0 nitrogen and oxygen atoms in total. The number of aryl methyl sites for hydroxylation is 1. The predicted molar refractivity (Wildman–Crippen MR) is 79.6 cm³/mol. The Balaban J connectivity index is 0.000000555. The molecule has 0 atom stereocenters. The van der Waals surface area contributed by atoms with Crippen molar-refractivity contribution in [2.75, 3.05) is 0 Å². The summed E-state index contributed by atoms with van der Waals surface area (Å²) in [6.07, 6.45) is 0. The molecule has 0 radical (unpaired) electrons. The van der Waals surface area contributed by atoms with Crippen LogP contribution in [0.25, 0.3) is 0 Å². The van der Waals surface area contributed by atoms with E-state index in [2.05, 4.69) is 58.9 Å². The minimum atomic E-state index is -6.00. The standard InChI is InChI=1S/C13H21P.BF4/c1-10(2)14(11(3)4)13-8-6-12(5)7-9-13;2-1(3,4)5/h6-11H,1-5H3;/q;-1/p+1. The van der Waals surface area contributed by atoms with Gasteiger partial charge in [0.05, 0.1) is 16.6 Å². The van der Waals surface area contributed by atoms with E-state index in [-0.39, 0.29) is 7.92 Å². The van der Waals surface area contributed by atoms with Crippen molar-refractivity contribution in [1.82, 2.24) is 0 Å². The molecule has 0 amide bonds. The summed E-state index contributed by atoms with van der Waals surface area (Å²) < 4.78 is 39.0. The normalized spacial score (nSPS) is 11.8. The van der Waals surface area contributed by atoms with Gasteiger partial charge >= 0.3 is 7.25 Å². The van der Waals surface area contributed by atoms with Crippen LogP contribution in [0.5, 0.6) is 0 Å². The van der Waals surface area contributed by atoms with Crippen molar-refractivity contribution in [3.63, 3.8) is 0 Å². The van der Waals surface area contributed by atoms with Crippen LogP contribution in [-0.2, 0) is 0 Å². The summed E-state index contributed by atoms with van der Waals surface area (Å²) in [5.74, 6) is 0. The van der Waals surface area contributed by atoms with Crippen LogP contribution in [0.3, 0.4) is 0 Å². The molecule has 0 heterocycles. The lowest BCUT2D eigenvalue weighted by Crippen LogP contribution is -2.14. The summed E-state index contributed by atoms with van der Waals surface area (Å²) >= 11 is 0. The molecule has 0 N–H and O–H groups in total. The Bertz CT molecular complexity index is 346. The molecule has 0 aliphatic carbocycles. The highest BCUT2D eigenvalue weighted by molar-refractivity contribution is 7.66. The van der Waals surface area contributed by atoms with E-state index in [1.807, 2.05) is 0 Å². The van der Waals surface area contributed by atoms with Gasteiger partial charge in [-0.2, -0.15) is 0 Å². The Hall–Kier alpha value is -0.565. The molecule has 1 aromatic rings. The SMILES string of the molecule is Cc1ccc([PH+](C(C)C)C(C)C)cc1.F[B-](F)(F)F. The van der Waals surface area contributed by atoms with Gasteiger partial charge in [-0.3, -0.25) is 0 Å². The molecule has 19 heavy (non-hydrogen) atoms. The maximum absolute atomic E-state index is 9.75. The summed E-state index contributed by atoms with van der Waals surface area (Å²) in [5.41, 5.74) is 3.01. The number of rotatable bonds is 3. The van der Waals surface area contributed by atoms with Gasteiger partial charge in [0, 0.05) is 7.92 Å². The first-order valence-electron chi connectivity index (χ1n) is 6.33. The van der Waals surface area contributed by atoms with Gasteiger partial charge in [-0.1, -0.05) is 17.7 Å². The Morgan fingerprint density at radius 1 is 0.842 bits per heavy atom. The zero-order chi connectivity index (χ0) is 15.2. The van der Waals surface area contributed by atoms with Gasteiger partial charge in [0.2, 0.25) is 0 Å². The van der Waals surface area contributed by atoms with Gasteiger partial charge in [0.1, 0.15) is 0 Å². The molecular formula is C13H22BF4P. The van der Waals surface area contributed by atoms with Crippen molar-refractivity contribution in [1.29, 1.82) is 0 Å². The summed E-state index contributed by atoms with van der Waals surface area (Å²) in [6, 6.07) is 9.13. The first-order valence-corrected chi connectivity index (χ1v) is 7.99. The first kappa shape index (κ1) is 18.4. The molecule has 0 spiro atoms. The molecule has 0 saturated heterocycles. The lowest BCUT2D eigenvalue weighted by Gasteiger charge is -2.17. The van der Waals surface area contributed by atoms with Crippen LogP contribution in [-0.4, -0.2) is 18.6 Å². The molecule has 0 fully saturated rings. The molecule has 1 rings (SSSR count). The topological polar surface area (TPSA) is 0 Å². The monoisotopic (exact) mass is 296 g/mol. The van der Waals surface area contributed by atoms with Crippen molar-refractivity contribution in [2.45, 2.75) is 45.9 Å². The van der Waals surface area contributed by atoms with E-state index in [1.165, 1.54) is 5.56 Å². The molecule has 0 aliphatic rings. The molecule has 0 aromatic heterocycles. The smallest absolute Gasteiger partial charge is 0.418 e. The fraction of sp³-hybridized carbons (Fsp3) is 0.538. The van der Waals surface area contributed by atoms with Crippen LogP contribution in [0.15, 0.2) is 24.3 Å². The number of hydrogen-bond acceptors (Lipinski definition) is 0. The highest BCUT2D eigenvalue weighted by Gasteiger charge is 2.26. The third-order valence-corrected chi connectivity index (χ3v) is 6.12. The van der Waals surface area contributed by atoms with Crippen molar-refractivity contribution in [3.05, 3.63) is 29.8 Å². The predicted octanol–water partition coefficient (Wildman–Crippen LogP) is 4.95.